The van der Waals surface area contributed by atoms with Gasteiger partial charge in [0.25, 0.3) is 0 Å². The molecule has 7 heteroatoms. The van der Waals surface area contributed by atoms with Crippen molar-refractivity contribution in [1.82, 2.24) is 10.2 Å². The van der Waals surface area contributed by atoms with E-state index in [1.807, 2.05) is 35.7 Å². The van der Waals surface area contributed by atoms with Gasteiger partial charge < -0.3 is 20.1 Å². The molecule has 2 N–H and O–H groups in total. The van der Waals surface area contributed by atoms with Crippen LogP contribution in [0.4, 0.5) is 10.5 Å². The number of hydrogen-bond acceptors (Lipinski definition) is 5. The van der Waals surface area contributed by atoms with Crippen molar-refractivity contribution in [3.63, 3.8) is 0 Å². The number of rotatable bonds is 8. The fraction of sp³-hybridized carbons (Fsp3) is 0.500. The zero-order chi connectivity index (χ0) is 19.9. The van der Waals surface area contributed by atoms with Gasteiger partial charge >= 0.3 is 6.03 Å². The van der Waals surface area contributed by atoms with E-state index in [1.54, 1.807) is 11.3 Å². The van der Waals surface area contributed by atoms with Crippen molar-refractivity contribution in [3.8, 4) is 5.75 Å². The largest absolute Gasteiger partial charge is 0.488 e. The zero-order valence-corrected chi connectivity index (χ0v) is 17.5. The fourth-order valence-corrected chi connectivity index (χ4v) is 4.70. The number of benzene rings is 1. The van der Waals surface area contributed by atoms with Crippen molar-refractivity contribution in [2.45, 2.75) is 31.9 Å². The van der Waals surface area contributed by atoms with Crippen molar-refractivity contribution in [2.24, 2.45) is 5.92 Å². The summed E-state index contributed by atoms with van der Waals surface area (Å²) in [7, 11) is 0. The third-order valence-electron chi connectivity index (χ3n) is 5.66. The molecule has 0 aliphatic carbocycles. The van der Waals surface area contributed by atoms with Crippen molar-refractivity contribution in [3.05, 3.63) is 46.7 Å². The van der Waals surface area contributed by atoms with Crippen molar-refractivity contribution < 1.29 is 14.3 Å². The second-order valence-electron chi connectivity index (χ2n) is 7.66. The van der Waals surface area contributed by atoms with Gasteiger partial charge in [-0.1, -0.05) is 6.07 Å². The summed E-state index contributed by atoms with van der Waals surface area (Å²) in [5, 5.41) is 8.03. The van der Waals surface area contributed by atoms with Crippen LogP contribution in [0.2, 0.25) is 0 Å². The average Bonchev–Trinajstić information content (AvgIpc) is 3.51. The number of nitrogens with one attached hydrogen (secondary N) is 2. The Balaban J connectivity index is 1.25. The molecule has 2 amide bonds. The van der Waals surface area contributed by atoms with Crippen LogP contribution < -0.4 is 15.4 Å². The Morgan fingerprint density at radius 2 is 2.07 bits per heavy atom. The molecule has 1 aromatic heterocycles. The maximum Gasteiger partial charge on any atom is 0.319 e. The summed E-state index contributed by atoms with van der Waals surface area (Å²) in [6, 6.07) is 11.8. The van der Waals surface area contributed by atoms with Gasteiger partial charge in [-0.15, -0.1) is 11.3 Å². The Morgan fingerprint density at radius 1 is 1.24 bits per heavy atom. The molecule has 0 radical (unpaired) electrons. The second-order valence-corrected chi connectivity index (χ2v) is 8.69. The summed E-state index contributed by atoms with van der Waals surface area (Å²) >= 11 is 1.68. The van der Waals surface area contributed by atoms with E-state index < -0.39 is 0 Å². The van der Waals surface area contributed by atoms with Crippen LogP contribution in [0.15, 0.2) is 41.8 Å². The smallest absolute Gasteiger partial charge is 0.319 e. The van der Waals surface area contributed by atoms with Gasteiger partial charge in [-0.2, -0.15) is 0 Å². The Kier molecular flexibility index (Phi) is 7.03. The highest BCUT2D eigenvalue weighted by Gasteiger charge is 2.32. The van der Waals surface area contributed by atoms with Crippen LogP contribution >= 0.6 is 11.3 Å². The number of anilines is 1. The van der Waals surface area contributed by atoms with E-state index in [9.17, 15) is 4.79 Å². The lowest BCUT2D eigenvalue weighted by Gasteiger charge is -2.31. The summed E-state index contributed by atoms with van der Waals surface area (Å²) in [6.07, 6.45) is 3.58. The maximum atomic E-state index is 12.4. The first-order chi connectivity index (χ1) is 14.3. The number of carbonyl (C=O) groups is 1. The molecule has 0 saturated carbocycles. The summed E-state index contributed by atoms with van der Waals surface area (Å²) < 4.78 is 11.4. The Morgan fingerprint density at radius 3 is 2.76 bits per heavy atom. The van der Waals surface area contributed by atoms with Gasteiger partial charge in [-0.3, -0.25) is 4.90 Å². The van der Waals surface area contributed by atoms with Crippen LogP contribution in [0.3, 0.4) is 0 Å². The number of hydrogen-bond donors (Lipinski definition) is 2. The van der Waals surface area contributed by atoms with Gasteiger partial charge in [0.05, 0.1) is 6.61 Å². The molecule has 3 heterocycles. The summed E-state index contributed by atoms with van der Waals surface area (Å²) in [5.74, 6) is 1.30. The predicted molar refractivity (Wildman–Crippen MR) is 116 cm³/mol. The number of amides is 2. The molecule has 0 unspecified atom stereocenters. The summed E-state index contributed by atoms with van der Waals surface area (Å²) in [4.78, 5) is 16.1. The molecule has 6 nitrogen and oxygen atoms in total. The van der Waals surface area contributed by atoms with Gasteiger partial charge in [0.15, 0.2) is 0 Å². The molecule has 156 valence electrons. The number of ether oxygens (including phenoxy) is 2. The van der Waals surface area contributed by atoms with E-state index in [-0.39, 0.29) is 6.03 Å². The molecule has 4 rings (SSSR count). The first-order valence-corrected chi connectivity index (χ1v) is 11.3. The molecule has 1 aromatic carbocycles. The number of carbonyl (C=O) groups excluding carboxylic acids is 1. The van der Waals surface area contributed by atoms with Crippen LogP contribution in [-0.2, 0) is 11.3 Å². The normalized spacial score (nSPS) is 20.5. The molecule has 2 fully saturated rings. The predicted octanol–water partition coefficient (Wildman–Crippen LogP) is 3.95. The van der Waals surface area contributed by atoms with E-state index in [0.717, 1.165) is 44.2 Å². The van der Waals surface area contributed by atoms with Crippen LogP contribution in [0.25, 0.3) is 0 Å². The average molecular weight is 416 g/mol. The number of likely N-dealkylation sites (tertiary alicyclic amines) is 1. The van der Waals surface area contributed by atoms with Crippen molar-refractivity contribution >= 4 is 23.1 Å². The Hall–Kier alpha value is -2.09. The number of nitrogens with zero attached hydrogens (tertiary/aromatic N) is 1. The molecular weight excluding hydrogens is 386 g/mol. The molecule has 2 aliphatic heterocycles. The van der Waals surface area contributed by atoms with Gasteiger partial charge in [0, 0.05) is 35.7 Å². The third-order valence-corrected chi connectivity index (χ3v) is 6.51. The fourth-order valence-electron chi connectivity index (χ4n) is 4.08. The SMILES string of the molecule is O=C(NC[C@@H]([C@H]1CCOC1)N1CCCC1)Nc1ccc(OCc2cccs2)cc1. The van der Waals surface area contributed by atoms with E-state index in [4.69, 9.17) is 9.47 Å². The highest BCUT2D eigenvalue weighted by atomic mass is 32.1. The topological polar surface area (TPSA) is 62.8 Å². The molecule has 2 saturated heterocycles. The van der Waals surface area contributed by atoms with Crippen molar-refractivity contribution in [2.75, 3.05) is 38.2 Å². The van der Waals surface area contributed by atoms with E-state index in [1.165, 1.54) is 17.7 Å². The second kappa shape index (κ2) is 10.1. The molecule has 2 aromatic rings. The highest BCUT2D eigenvalue weighted by molar-refractivity contribution is 7.09. The molecule has 2 aliphatic rings. The van der Waals surface area contributed by atoms with Crippen LogP contribution in [-0.4, -0.2) is 49.8 Å². The van der Waals surface area contributed by atoms with Gasteiger partial charge in [-0.05, 0) is 68.1 Å². The van der Waals surface area contributed by atoms with Crippen LogP contribution in [0.5, 0.6) is 5.75 Å². The van der Waals surface area contributed by atoms with E-state index >= 15 is 0 Å². The minimum Gasteiger partial charge on any atom is -0.488 e. The Labute approximate surface area is 176 Å². The molecular formula is C22H29N3O3S. The summed E-state index contributed by atoms with van der Waals surface area (Å²) in [5.41, 5.74) is 0.757. The number of thiophene rings is 1. The zero-order valence-electron chi connectivity index (χ0n) is 16.6. The van der Waals surface area contributed by atoms with E-state index in [2.05, 4.69) is 21.6 Å². The first-order valence-electron chi connectivity index (χ1n) is 10.4. The lowest BCUT2D eigenvalue weighted by Crippen LogP contribution is -2.48. The molecule has 29 heavy (non-hydrogen) atoms. The maximum absolute atomic E-state index is 12.4. The molecule has 0 bridgehead atoms. The highest BCUT2D eigenvalue weighted by Crippen LogP contribution is 2.24. The van der Waals surface area contributed by atoms with Crippen molar-refractivity contribution in [1.29, 1.82) is 0 Å². The lowest BCUT2D eigenvalue weighted by atomic mass is 9.97. The third kappa shape index (κ3) is 5.72. The Bertz CT molecular complexity index is 738. The van der Waals surface area contributed by atoms with Crippen LogP contribution in [0, 0.1) is 5.92 Å². The quantitative estimate of drug-likeness (QED) is 0.685. The summed E-state index contributed by atoms with van der Waals surface area (Å²) in [6.45, 7) is 5.10. The number of urea groups is 1. The molecule has 0 spiro atoms. The first kappa shape index (κ1) is 20.2. The monoisotopic (exact) mass is 415 g/mol. The standard InChI is InChI=1S/C22H29N3O3S/c26-22(23-14-21(17-9-12-27-15-17)25-10-1-2-11-25)24-18-5-7-19(8-6-18)28-16-20-4-3-13-29-20/h3-8,13,17,21H,1-2,9-12,14-16H2,(H2,23,24,26)/t17-,21-/m0/s1. The van der Waals surface area contributed by atoms with Gasteiger partial charge in [0.2, 0.25) is 0 Å². The van der Waals surface area contributed by atoms with E-state index in [0.29, 0.717) is 25.1 Å². The lowest BCUT2D eigenvalue weighted by molar-refractivity contribution is 0.135. The van der Waals surface area contributed by atoms with Crippen LogP contribution in [0.1, 0.15) is 24.1 Å². The minimum atomic E-state index is -0.166. The van der Waals surface area contributed by atoms with Gasteiger partial charge in [0.1, 0.15) is 12.4 Å². The minimum absolute atomic E-state index is 0.166. The van der Waals surface area contributed by atoms with Gasteiger partial charge in [-0.25, -0.2) is 4.79 Å². The molecule has 2 atom stereocenters.